The summed E-state index contributed by atoms with van der Waals surface area (Å²) < 4.78 is 0. The van der Waals surface area contributed by atoms with Gasteiger partial charge in [0.1, 0.15) is 0 Å². The summed E-state index contributed by atoms with van der Waals surface area (Å²) in [5, 5.41) is 0.884. The number of rotatable bonds is 2. The molecule has 1 aliphatic rings. The van der Waals surface area contributed by atoms with E-state index < -0.39 is 0 Å². The third kappa shape index (κ3) is 1.68. The molecule has 82 valence electrons. The number of halogens is 1. The zero-order chi connectivity index (χ0) is 11.2. The summed E-state index contributed by atoms with van der Waals surface area (Å²) in [5.74, 6) is 1.12. The van der Waals surface area contributed by atoms with E-state index in [1.54, 1.807) is 0 Å². The fraction of sp³-hybridized carbons (Fsp3) is 0.538. The van der Waals surface area contributed by atoms with Crippen molar-refractivity contribution in [3.63, 3.8) is 0 Å². The number of aryl methyl sites for hydroxylation is 1. The zero-order valence-corrected chi connectivity index (χ0v) is 10.3. The smallest absolute Gasteiger partial charge is 0.0441 e. The summed E-state index contributed by atoms with van der Waals surface area (Å²) in [5.41, 5.74) is 8.64. The van der Waals surface area contributed by atoms with E-state index in [1.807, 2.05) is 6.07 Å². The molecule has 1 aromatic carbocycles. The fourth-order valence-corrected chi connectivity index (χ4v) is 2.94. The molecule has 0 aromatic heterocycles. The molecular weight excluding hydrogens is 206 g/mol. The molecule has 15 heavy (non-hydrogen) atoms. The van der Waals surface area contributed by atoms with Gasteiger partial charge in [-0.15, -0.1) is 0 Å². The maximum Gasteiger partial charge on any atom is 0.0441 e. The molecule has 0 saturated heterocycles. The van der Waals surface area contributed by atoms with E-state index >= 15 is 0 Å². The van der Waals surface area contributed by atoms with Crippen molar-refractivity contribution in [2.75, 3.05) is 6.54 Å². The predicted molar refractivity (Wildman–Crippen MR) is 65.3 cm³/mol. The molecule has 2 N–H and O–H groups in total. The highest BCUT2D eigenvalue weighted by Gasteiger charge is 2.57. The third-order valence-corrected chi connectivity index (χ3v) is 4.14. The summed E-state index contributed by atoms with van der Waals surface area (Å²) in [6.45, 7) is 7.40. The van der Waals surface area contributed by atoms with Crippen LogP contribution in [0.25, 0.3) is 0 Å². The lowest BCUT2D eigenvalue weighted by molar-refractivity contribution is 0.558. The van der Waals surface area contributed by atoms with Crippen LogP contribution in [0.5, 0.6) is 0 Å². The Morgan fingerprint density at radius 3 is 2.60 bits per heavy atom. The second-order valence-electron chi connectivity index (χ2n) is 5.17. The van der Waals surface area contributed by atoms with Crippen LogP contribution in [0.2, 0.25) is 5.02 Å². The first kappa shape index (κ1) is 11.0. The van der Waals surface area contributed by atoms with E-state index in [1.165, 1.54) is 11.1 Å². The van der Waals surface area contributed by atoms with Gasteiger partial charge in [0.05, 0.1) is 0 Å². The van der Waals surface area contributed by atoms with Crippen LogP contribution in [0, 0.1) is 18.3 Å². The first-order chi connectivity index (χ1) is 6.98. The van der Waals surface area contributed by atoms with E-state index in [4.69, 9.17) is 17.3 Å². The van der Waals surface area contributed by atoms with Gasteiger partial charge >= 0.3 is 0 Å². The van der Waals surface area contributed by atoms with E-state index in [-0.39, 0.29) is 0 Å². The summed E-state index contributed by atoms with van der Waals surface area (Å²) in [7, 11) is 0. The largest absolute Gasteiger partial charge is 0.330 e. The molecule has 0 spiro atoms. The van der Waals surface area contributed by atoms with E-state index in [0.29, 0.717) is 17.3 Å². The van der Waals surface area contributed by atoms with Gasteiger partial charge in [-0.1, -0.05) is 43.1 Å². The lowest BCUT2D eigenvalue weighted by Crippen LogP contribution is -2.05. The molecule has 1 aliphatic carbocycles. The second kappa shape index (κ2) is 3.50. The topological polar surface area (TPSA) is 26.0 Å². The van der Waals surface area contributed by atoms with Crippen molar-refractivity contribution in [3.8, 4) is 0 Å². The molecule has 1 aromatic rings. The van der Waals surface area contributed by atoms with Gasteiger partial charge in [0, 0.05) is 5.02 Å². The standard InChI is InChI=1S/C13H18ClN/c1-8-4-5-11(14)9(6-8)12-10(7-15)13(12,2)3/h4-6,10,12H,7,15H2,1-3H3/t10-,12-/m1/s1. The first-order valence-electron chi connectivity index (χ1n) is 5.44. The number of hydrogen-bond donors (Lipinski definition) is 1. The van der Waals surface area contributed by atoms with Crippen molar-refractivity contribution < 1.29 is 0 Å². The normalized spacial score (nSPS) is 27.8. The molecule has 2 heteroatoms. The van der Waals surface area contributed by atoms with Gasteiger partial charge in [-0.05, 0) is 42.3 Å². The Kier molecular flexibility index (Phi) is 2.56. The Bertz CT molecular complexity index is 384. The van der Waals surface area contributed by atoms with E-state index in [0.717, 1.165) is 11.6 Å². The predicted octanol–water partition coefficient (Wildman–Crippen LogP) is 3.35. The maximum atomic E-state index is 6.24. The average Bonchev–Trinajstić information content (AvgIpc) is 2.72. The second-order valence-corrected chi connectivity index (χ2v) is 5.57. The van der Waals surface area contributed by atoms with Crippen LogP contribution < -0.4 is 5.73 Å². The molecule has 1 fully saturated rings. The van der Waals surface area contributed by atoms with Crippen molar-refractivity contribution in [1.29, 1.82) is 0 Å². The van der Waals surface area contributed by atoms with Crippen molar-refractivity contribution in [2.45, 2.75) is 26.7 Å². The zero-order valence-electron chi connectivity index (χ0n) is 9.55. The van der Waals surface area contributed by atoms with Gasteiger partial charge in [0.2, 0.25) is 0 Å². The molecule has 0 heterocycles. The summed E-state index contributed by atoms with van der Waals surface area (Å²) in [4.78, 5) is 0. The Morgan fingerprint density at radius 1 is 1.40 bits per heavy atom. The van der Waals surface area contributed by atoms with Crippen LogP contribution in [0.3, 0.4) is 0 Å². The Labute approximate surface area is 96.6 Å². The van der Waals surface area contributed by atoms with E-state index in [2.05, 4.69) is 32.9 Å². The molecule has 2 atom stereocenters. The van der Waals surface area contributed by atoms with E-state index in [9.17, 15) is 0 Å². The SMILES string of the molecule is Cc1ccc(Cl)c([C@@H]2[C@@H](CN)C2(C)C)c1. The maximum absolute atomic E-state index is 6.24. The van der Waals surface area contributed by atoms with Crippen LogP contribution in [-0.4, -0.2) is 6.54 Å². The molecule has 1 saturated carbocycles. The van der Waals surface area contributed by atoms with Gasteiger partial charge in [-0.25, -0.2) is 0 Å². The molecule has 1 nitrogen and oxygen atoms in total. The minimum atomic E-state index is 0.312. The van der Waals surface area contributed by atoms with Crippen LogP contribution >= 0.6 is 11.6 Å². The number of hydrogen-bond acceptors (Lipinski definition) is 1. The average molecular weight is 224 g/mol. The molecule has 2 rings (SSSR count). The molecule has 0 radical (unpaired) electrons. The summed E-state index contributed by atoms with van der Waals surface area (Å²) in [6, 6.07) is 6.25. The summed E-state index contributed by atoms with van der Waals surface area (Å²) in [6.07, 6.45) is 0. The first-order valence-corrected chi connectivity index (χ1v) is 5.82. The minimum Gasteiger partial charge on any atom is -0.330 e. The van der Waals surface area contributed by atoms with Gasteiger partial charge in [0.25, 0.3) is 0 Å². The van der Waals surface area contributed by atoms with Gasteiger partial charge in [0.15, 0.2) is 0 Å². The molecule has 0 bridgehead atoms. The van der Waals surface area contributed by atoms with Crippen LogP contribution in [0.15, 0.2) is 18.2 Å². The lowest BCUT2D eigenvalue weighted by Gasteiger charge is -2.06. The highest BCUT2D eigenvalue weighted by Crippen LogP contribution is 2.64. The van der Waals surface area contributed by atoms with Crippen LogP contribution in [0.1, 0.15) is 30.9 Å². The Balaban J connectivity index is 2.36. The van der Waals surface area contributed by atoms with Gasteiger partial charge in [-0.2, -0.15) is 0 Å². The molecule has 0 aliphatic heterocycles. The van der Waals surface area contributed by atoms with Crippen molar-refractivity contribution in [1.82, 2.24) is 0 Å². The highest BCUT2D eigenvalue weighted by atomic mass is 35.5. The Morgan fingerprint density at radius 2 is 2.07 bits per heavy atom. The van der Waals surface area contributed by atoms with Gasteiger partial charge < -0.3 is 5.73 Å². The van der Waals surface area contributed by atoms with Crippen molar-refractivity contribution in [3.05, 3.63) is 34.3 Å². The third-order valence-electron chi connectivity index (χ3n) is 3.79. The quantitative estimate of drug-likeness (QED) is 0.818. The Hall–Kier alpha value is -0.530. The van der Waals surface area contributed by atoms with Crippen molar-refractivity contribution >= 4 is 11.6 Å². The minimum absolute atomic E-state index is 0.312. The highest BCUT2D eigenvalue weighted by molar-refractivity contribution is 6.31. The van der Waals surface area contributed by atoms with Crippen LogP contribution in [-0.2, 0) is 0 Å². The molecular formula is C13H18ClN. The number of benzene rings is 1. The molecule has 0 amide bonds. The van der Waals surface area contributed by atoms with Gasteiger partial charge in [-0.3, -0.25) is 0 Å². The monoisotopic (exact) mass is 223 g/mol. The van der Waals surface area contributed by atoms with Crippen LogP contribution in [0.4, 0.5) is 0 Å². The number of nitrogens with two attached hydrogens (primary N) is 1. The lowest BCUT2D eigenvalue weighted by atomic mass is 10.0. The summed E-state index contributed by atoms with van der Waals surface area (Å²) >= 11 is 6.24. The van der Waals surface area contributed by atoms with Crippen molar-refractivity contribution in [2.24, 2.45) is 17.1 Å². The fourth-order valence-electron chi connectivity index (χ4n) is 2.70. The molecule has 0 unspecified atom stereocenters.